The van der Waals surface area contributed by atoms with Crippen LogP contribution in [0.2, 0.25) is 0 Å². The molecule has 1 aromatic carbocycles. The van der Waals surface area contributed by atoms with Crippen molar-refractivity contribution >= 4 is 5.91 Å². The highest BCUT2D eigenvalue weighted by Crippen LogP contribution is 2.34. The minimum atomic E-state index is -4.59. The lowest BCUT2D eigenvalue weighted by molar-refractivity contribution is -0.142. The topological polar surface area (TPSA) is 63.1 Å². The maximum atomic E-state index is 13.6. The second kappa shape index (κ2) is 11.1. The molecule has 2 heterocycles. The fourth-order valence-electron chi connectivity index (χ4n) is 3.40. The number of pyridine rings is 1. The van der Waals surface area contributed by atoms with Crippen LogP contribution in [0.15, 0.2) is 54.9 Å². The molecule has 1 N–H and O–H groups in total. The third-order valence-electron chi connectivity index (χ3n) is 5.15. The Hall–Kier alpha value is -3.20. The zero-order valence-electron chi connectivity index (χ0n) is 18.8. The van der Waals surface area contributed by atoms with Gasteiger partial charge in [0.15, 0.2) is 0 Å². The van der Waals surface area contributed by atoms with Gasteiger partial charge in [0.05, 0.1) is 11.4 Å². The lowest BCUT2D eigenvalue weighted by Gasteiger charge is -2.11. The number of rotatable bonds is 10. The highest BCUT2D eigenvalue weighted by molar-refractivity contribution is 5.94. The van der Waals surface area contributed by atoms with Crippen LogP contribution >= 0.6 is 0 Å². The van der Waals surface area contributed by atoms with E-state index in [1.165, 1.54) is 30.5 Å². The van der Waals surface area contributed by atoms with Crippen LogP contribution in [0.3, 0.4) is 0 Å². The molecule has 0 aliphatic carbocycles. The van der Waals surface area contributed by atoms with Crippen molar-refractivity contribution < 1.29 is 18.0 Å². The zero-order chi connectivity index (χ0) is 23.8. The molecular formula is C24H28F3N5O. The number of unbranched alkanes of at least 4 members (excludes halogenated alkanes) is 3. The van der Waals surface area contributed by atoms with Crippen molar-refractivity contribution in [2.24, 2.45) is 0 Å². The Balaban J connectivity index is 1.65. The molecule has 0 unspecified atom stereocenters. The van der Waals surface area contributed by atoms with Crippen molar-refractivity contribution in [2.45, 2.75) is 31.9 Å². The Kier molecular flexibility index (Phi) is 8.21. The van der Waals surface area contributed by atoms with Crippen LogP contribution in [0.4, 0.5) is 13.2 Å². The summed E-state index contributed by atoms with van der Waals surface area (Å²) in [5.41, 5.74) is 0.365. The van der Waals surface area contributed by atoms with Gasteiger partial charge in [-0.25, -0.2) is 4.68 Å². The standard InChI is InChI=1S/C24H28F3N5O/c1-31(2)15-6-4-3-5-14-29-23(33)18-9-11-20(12-10-18)32-22(24(25,26)27)16-21(30-32)19-8-7-13-28-17-19/h7-13,16-17H,3-6,14-15H2,1-2H3,(H,29,33). The Labute approximate surface area is 191 Å². The Morgan fingerprint density at radius 1 is 1.06 bits per heavy atom. The molecule has 9 heteroatoms. The van der Waals surface area contributed by atoms with Crippen molar-refractivity contribution in [3.05, 3.63) is 66.1 Å². The number of carbonyl (C=O) groups excluding carboxylic acids is 1. The number of benzene rings is 1. The first-order valence-electron chi connectivity index (χ1n) is 10.9. The first-order chi connectivity index (χ1) is 15.8. The summed E-state index contributed by atoms with van der Waals surface area (Å²) in [6.07, 6.45) is 2.56. The summed E-state index contributed by atoms with van der Waals surface area (Å²) in [5, 5.41) is 7.00. The molecule has 6 nitrogen and oxygen atoms in total. The van der Waals surface area contributed by atoms with E-state index in [1.54, 1.807) is 18.3 Å². The number of hydrogen-bond donors (Lipinski definition) is 1. The summed E-state index contributed by atoms with van der Waals surface area (Å²) >= 11 is 0. The second-order valence-corrected chi connectivity index (χ2v) is 8.09. The summed E-state index contributed by atoms with van der Waals surface area (Å²) < 4.78 is 41.7. The zero-order valence-corrected chi connectivity index (χ0v) is 18.8. The third-order valence-corrected chi connectivity index (χ3v) is 5.15. The van der Waals surface area contributed by atoms with Crippen molar-refractivity contribution in [1.29, 1.82) is 0 Å². The average Bonchev–Trinajstić information content (AvgIpc) is 3.25. The molecule has 3 aromatic rings. The number of aromatic nitrogens is 3. The van der Waals surface area contributed by atoms with Gasteiger partial charge in [0.1, 0.15) is 5.69 Å². The fourth-order valence-corrected chi connectivity index (χ4v) is 3.40. The number of carbonyl (C=O) groups is 1. The average molecular weight is 460 g/mol. The van der Waals surface area contributed by atoms with Crippen LogP contribution in [0.5, 0.6) is 0 Å². The van der Waals surface area contributed by atoms with Gasteiger partial charge in [0, 0.05) is 30.1 Å². The maximum absolute atomic E-state index is 13.6. The Morgan fingerprint density at radius 3 is 2.42 bits per heavy atom. The fraction of sp³-hybridized carbons (Fsp3) is 0.375. The Bertz CT molecular complexity index is 1030. The van der Waals surface area contributed by atoms with Gasteiger partial charge < -0.3 is 10.2 Å². The maximum Gasteiger partial charge on any atom is 0.433 e. The van der Waals surface area contributed by atoms with Gasteiger partial charge in [-0.3, -0.25) is 9.78 Å². The van der Waals surface area contributed by atoms with Gasteiger partial charge in [-0.2, -0.15) is 18.3 Å². The molecule has 0 bridgehead atoms. The van der Waals surface area contributed by atoms with Gasteiger partial charge in [-0.05, 0) is 75.9 Å². The summed E-state index contributed by atoms with van der Waals surface area (Å²) in [4.78, 5) is 18.4. The first-order valence-corrected chi connectivity index (χ1v) is 10.9. The molecule has 0 saturated heterocycles. The molecule has 0 fully saturated rings. The molecule has 176 valence electrons. The molecule has 33 heavy (non-hydrogen) atoms. The minimum Gasteiger partial charge on any atom is -0.352 e. The normalized spacial score (nSPS) is 11.7. The predicted molar refractivity (Wildman–Crippen MR) is 121 cm³/mol. The van der Waals surface area contributed by atoms with Crippen LogP contribution in [0.25, 0.3) is 16.9 Å². The van der Waals surface area contributed by atoms with Gasteiger partial charge in [-0.15, -0.1) is 0 Å². The lowest BCUT2D eigenvalue weighted by atomic mass is 10.1. The van der Waals surface area contributed by atoms with Crippen molar-refractivity contribution in [3.63, 3.8) is 0 Å². The van der Waals surface area contributed by atoms with Crippen molar-refractivity contribution in [3.8, 4) is 16.9 Å². The van der Waals surface area contributed by atoms with Crippen LogP contribution < -0.4 is 5.32 Å². The van der Waals surface area contributed by atoms with E-state index in [4.69, 9.17) is 0 Å². The highest BCUT2D eigenvalue weighted by atomic mass is 19.4. The molecule has 0 aliphatic rings. The molecule has 1 amide bonds. The lowest BCUT2D eigenvalue weighted by Crippen LogP contribution is -2.24. The summed E-state index contributed by atoms with van der Waals surface area (Å²) in [6.45, 7) is 1.61. The monoisotopic (exact) mass is 459 g/mol. The molecule has 2 aromatic heterocycles. The summed E-state index contributed by atoms with van der Waals surface area (Å²) in [6, 6.07) is 10.2. The van der Waals surface area contributed by atoms with E-state index < -0.39 is 11.9 Å². The van der Waals surface area contributed by atoms with Crippen LogP contribution in [0, 0.1) is 0 Å². The second-order valence-electron chi connectivity index (χ2n) is 8.09. The van der Waals surface area contributed by atoms with Crippen LogP contribution in [-0.4, -0.2) is 52.8 Å². The molecule has 3 rings (SSSR count). The van der Waals surface area contributed by atoms with E-state index in [2.05, 4.69) is 20.3 Å². The third kappa shape index (κ3) is 6.89. The number of halogens is 3. The predicted octanol–water partition coefficient (Wildman–Crippen LogP) is 4.80. The van der Waals surface area contributed by atoms with E-state index in [1.807, 2.05) is 14.1 Å². The quantitative estimate of drug-likeness (QED) is 0.442. The van der Waals surface area contributed by atoms with Gasteiger partial charge in [-0.1, -0.05) is 12.8 Å². The van der Waals surface area contributed by atoms with Gasteiger partial charge >= 0.3 is 6.18 Å². The highest BCUT2D eigenvalue weighted by Gasteiger charge is 2.36. The van der Waals surface area contributed by atoms with Crippen LogP contribution in [-0.2, 0) is 6.18 Å². The van der Waals surface area contributed by atoms with E-state index in [0.717, 1.165) is 43.0 Å². The van der Waals surface area contributed by atoms with E-state index in [9.17, 15) is 18.0 Å². The largest absolute Gasteiger partial charge is 0.433 e. The first kappa shape index (κ1) is 24.4. The molecule has 0 spiro atoms. The minimum absolute atomic E-state index is 0.169. The Morgan fingerprint density at radius 2 is 1.79 bits per heavy atom. The summed E-state index contributed by atoms with van der Waals surface area (Å²) in [7, 11) is 4.09. The van der Waals surface area contributed by atoms with Crippen molar-refractivity contribution in [1.82, 2.24) is 25.0 Å². The van der Waals surface area contributed by atoms with Gasteiger partial charge in [0.2, 0.25) is 0 Å². The molecule has 0 atom stereocenters. The summed E-state index contributed by atoms with van der Waals surface area (Å²) in [5.74, 6) is -0.248. The smallest absolute Gasteiger partial charge is 0.352 e. The number of alkyl halides is 3. The molecular weight excluding hydrogens is 431 g/mol. The number of hydrogen-bond acceptors (Lipinski definition) is 4. The van der Waals surface area contributed by atoms with Gasteiger partial charge in [0.25, 0.3) is 5.91 Å². The van der Waals surface area contributed by atoms with Crippen LogP contribution in [0.1, 0.15) is 41.7 Å². The van der Waals surface area contributed by atoms with E-state index in [-0.39, 0.29) is 17.3 Å². The molecule has 0 saturated carbocycles. The molecule has 0 aliphatic heterocycles. The van der Waals surface area contributed by atoms with E-state index >= 15 is 0 Å². The SMILES string of the molecule is CN(C)CCCCCCNC(=O)c1ccc(-n2nc(-c3cccnc3)cc2C(F)(F)F)cc1. The van der Waals surface area contributed by atoms with Crippen molar-refractivity contribution in [2.75, 3.05) is 27.2 Å². The number of nitrogens with zero attached hydrogens (tertiary/aromatic N) is 4. The number of nitrogens with one attached hydrogen (secondary N) is 1. The molecule has 0 radical (unpaired) electrons. The number of amides is 1. The van der Waals surface area contributed by atoms with E-state index in [0.29, 0.717) is 17.7 Å².